The number of rotatable bonds is 7. The summed E-state index contributed by atoms with van der Waals surface area (Å²) in [6.45, 7) is 9.68. The Bertz CT molecular complexity index is 1860. The lowest BCUT2D eigenvalue weighted by molar-refractivity contribution is -0.160. The quantitative estimate of drug-likeness (QED) is 0.197. The standard InChI is InChI=1S/C34H36ClN3O4S/c1-18-14-24-30(27(19-8-11-22(35)12-9-19)26(18)29(32(39)40)42-33(2,3)4)43-31(36-24)20-10-13-25-23(15-20)28(37-38(25)6)21-16-34(5,17-21)41-7/h8-15,21,29H,16-17H2,1-7H3,(H,39,40)/t21?,29-,34?/m0/s1. The van der Waals surface area contributed by atoms with Gasteiger partial charge in [0.25, 0.3) is 0 Å². The molecule has 0 amide bonds. The lowest BCUT2D eigenvalue weighted by atomic mass is 9.70. The van der Waals surface area contributed by atoms with E-state index in [0.717, 1.165) is 66.9 Å². The van der Waals surface area contributed by atoms with Gasteiger partial charge in [-0.15, -0.1) is 11.3 Å². The summed E-state index contributed by atoms with van der Waals surface area (Å²) in [5, 5.41) is 17.9. The summed E-state index contributed by atoms with van der Waals surface area (Å²) in [5.41, 5.74) is 6.33. The second kappa shape index (κ2) is 10.7. The molecule has 1 atom stereocenters. The number of nitrogens with zero attached hydrogens (tertiary/aromatic N) is 3. The van der Waals surface area contributed by atoms with Crippen molar-refractivity contribution < 1.29 is 19.4 Å². The Balaban J connectivity index is 1.53. The smallest absolute Gasteiger partial charge is 0.337 e. The highest BCUT2D eigenvalue weighted by molar-refractivity contribution is 7.22. The molecule has 2 aromatic heterocycles. The third kappa shape index (κ3) is 5.46. The molecule has 1 aliphatic rings. The number of fused-ring (bicyclic) bond motifs is 2. The molecule has 2 heterocycles. The first kappa shape index (κ1) is 29.8. The van der Waals surface area contributed by atoms with E-state index in [0.29, 0.717) is 16.5 Å². The highest BCUT2D eigenvalue weighted by Gasteiger charge is 2.43. The molecule has 1 saturated carbocycles. The number of benzene rings is 3. The summed E-state index contributed by atoms with van der Waals surface area (Å²) in [6.07, 6.45) is 0.721. The fourth-order valence-electron chi connectivity index (χ4n) is 6.23. The van der Waals surface area contributed by atoms with Gasteiger partial charge in [0.2, 0.25) is 0 Å². The molecule has 43 heavy (non-hydrogen) atoms. The van der Waals surface area contributed by atoms with Crippen LogP contribution in [0.2, 0.25) is 5.02 Å². The lowest BCUT2D eigenvalue weighted by Gasteiger charge is -2.43. The SMILES string of the molecule is COC1(C)CC(c2nn(C)c3ccc(-c4nc5cc(C)c([C@H](OC(C)(C)C)C(=O)O)c(-c6ccc(Cl)cc6)c5s4)cc23)C1. The molecule has 5 aromatic rings. The van der Waals surface area contributed by atoms with E-state index in [4.69, 9.17) is 31.2 Å². The van der Waals surface area contributed by atoms with Gasteiger partial charge >= 0.3 is 5.97 Å². The van der Waals surface area contributed by atoms with Crippen LogP contribution in [0.1, 0.15) is 69.4 Å². The minimum absolute atomic E-state index is 0.0999. The van der Waals surface area contributed by atoms with E-state index < -0.39 is 17.7 Å². The van der Waals surface area contributed by atoms with Gasteiger partial charge in [-0.2, -0.15) is 5.10 Å². The van der Waals surface area contributed by atoms with E-state index in [-0.39, 0.29) is 5.60 Å². The maximum atomic E-state index is 12.7. The van der Waals surface area contributed by atoms with Crippen molar-refractivity contribution in [2.24, 2.45) is 7.05 Å². The molecular formula is C34H36ClN3O4S. The van der Waals surface area contributed by atoms with Crippen LogP contribution in [0.5, 0.6) is 0 Å². The Labute approximate surface area is 260 Å². The number of halogens is 1. The number of carbonyl (C=O) groups is 1. The van der Waals surface area contributed by atoms with Gasteiger partial charge in [0.15, 0.2) is 6.10 Å². The number of aromatic nitrogens is 3. The minimum atomic E-state index is -1.16. The first-order chi connectivity index (χ1) is 20.3. The van der Waals surface area contributed by atoms with E-state index in [9.17, 15) is 9.90 Å². The van der Waals surface area contributed by atoms with Crippen molar-refractivity contribution in [2.75, 3.05) is 7.11 Å². The number of methoxy groups -OCH3 is 1. The van der Waals surface area contributed by atoms with Crippen molar-refractivity contribution in [1.82, 2.24) is 14.8 Å². The number of carboxylic acids is 1. The number of aryl methyl sites for hydroxylation is 2. The summed E-state index contributed by atoms with van der Waals surface area (Å²) in [5.74, 6) is -0.691. The fraction of sp³-hybridized carbons (Fsp3) is 0.382. The van der Waals surface area contributed by atoms with Crippen LogP contribution in [-0.2, 0) is 21.3 Å². The van der Waals surface area contributed by atoms with Crippen LogP contribution in [0, 0.1) is 6.92 Å². The van der Waals surface area contributed by atoms with Crippen molar-refractivity contribution in [3.63, 3.8) is 0 Å². The van der Waals surface area contributed by atoms with Crippen LogP contribution in [-0.4, -0.2) is 44.2 Å². The van der Waals surface area contributed by atoms with Gasteiger partial charge in [-0.1, -0.05) is 23.7 Å². The zero-order chi connectivity index (χ0) is 30.8. The van der Waals surface area contributed by atoms with Gasteiger partial charge < -0.3 is 14.6 Å². The molecule has 0 saturated heterocycles. The number of carboxylic acid groups (broad SMARTS) is 1. The molecule has 1 fully saturated rings. The average molecular weight is 618 g/mol. The maximum Gasteiger partial charge on any atom is 0.337 e. The van der Waals surface area contributed by atoms with E-state index in [2.05, 4.69) is 25.1 Å². The van der Waals surface area contributed by atoms with E-state index in [1.807, 2.05) is 69.8 Å². The van der Waals surface area contributed by atoms with E-state index in [1.54, 1.807) is 18.4 Å². The number of ether oxygens (including phenoxy) is 2. The molecule has 0 aliphatic heterocycles. The summed E-state index contributed by atoms with van der Waals surface area (Å²) >= 11 is 7.81. The molecule has 1 N–H and O–H groups in total. The average Bonchev–Trinajstić information content (AvgIpc) is 3.49. The van der Waals surface area contributed by atoms with Crippen LogP contribution in [0.15, 0.2) is 48.5 Å². The summed E-state index contributed by atoms with van der Waals surface area (Å²) in [4.78, 5) is 17.7. The topological polar surface area (TPSA) is 86.5 Å². The Morgan fingerprint density at radius 3 is 2.44 bits per heavy atom. The molecule has 0 unspecified atom stereocenters. The van der Waals surface area contributed by atoms with Crippen molar-refractivity contribution in [3.8, 4) is 21.7 Å². The molecule has 0 bridgehead atoms. The molecular weight excluding hydrogens is 582 g/mol. The molecule has 9 heteroatoms. The van der Waals surface area contributed by atoms with Crippen LogP contribution >= 0.6 is 22.9 Å². The Hall–Kier alpha value is -3.30. The Morgan fingerprint density at radius 1 is 1.14 bits per heavy atom. The normalized spacial score (nSPS) is 19.6. The maximum absolute atomic E-state index is 12.7. The number of hydrogen-bond donors (Lipinski definition) is 1. The second-order valence-electron chi connectivity index (χ2n) is 12.8. The Morgan fingerprint density at radius 2 is 1.81 bits per heavy atom. The molecule has 0 spiro atoms. The lowest BCUT2D eigenvalue weighted by Crippen LogP contribution is -2.41. The van der Waals surface area contributed by atoms with Crippen molar-refractivity contribution >= 4 is 50.0 Å². The summed E-state index contributed by atoms with van der Waals surface area (Å²) < 4.78 is 14.7. The number of thiazole rings is 1. The van der Waals surface area contributed by atoms with Crippen molar-refractivity contribution in [2.45, 2.75) is 70.7 Å². The monoisotopic (exact) mass is 617 g/mol. The highest BCUT2D eigenvalue weighted by atomic mass is 35.5. The molecule has 6 rings (SSSR count). The predicted molar refractivity (Wildman–Crippen MR) is 173 cm³/mol. The zero-order valence-corrected chi connectivity index (χ0v) is 27.1. The van der Waals surface area contributed by atoms with Crippen molar-refractivity contribution in [1.29, 1.82) is 0 Å². The van der Waals surface area contributed by atoms with Gasteiger partial charge in [-0.3, -0.25) is 4.68 Å². The molecule has 7 nitrogen and oxygen atoms in total. The third-order valence-corrected chi connectivity index (χ3v) is 9.77. The van der Waals surface area contributed by atoms with Crippen LogP contribution in [0.4, 0.5) is 0 Å². The number of hydrogen-bond acceptors (Lipinski definition) is 6. The van der Waals surface area contributed by atoms with E-state index in [1.165, 1.54) is 0 Å². The van der Waals surface area contributed by atoms with Gasteiger partial charge in [0, 0.05) is 47.2 Å². The van der Waals surface area contributed by atoms with Crippen LogP contribution in [0.25, 0.3) is 42.8 Å². The first-order valence-corrected chi connectivity index (χ1v) is 15.6. The molecule has 1 aliphatic carbocycles. The number of aliphatic carboxylic acids is 1. The largest absolute Gasteiger partial charge is 0.479 e. The molecule has 224 valence electrons. The Kier molecular flexibility index (Phi) is 7.40. The second-order valence-corrected chi connectivity index (χ2v) is 14.2. The van der Waals surface area contributed by atoms with E-state index >= 15 is 0 Å². The van der Waals surface area contributed by atoms with Gasteiger partial charge in [-0.05, 0) is 95.0 Å². The van der Waals surface area contributed by atoms with Gasteiger partial charge in [0.1, 0.15) is 5.01 Å². The first-order valence-electron chi connectivity index (χ1n) is 14.4. The third-order valence-electron chi connectivity index (χ3n) is 8.38. The minimum Gasteiger partial charge on any atom is -0.479 e. The molecule has 0 radical (unpaired) electrons. The van der Waals surface area contributed by atoms with Gasteiger partial charge in [0.05, 0.1) is 32.6 Å². The van der Waals surface area contributed by atoms with Crippen molar-refractivity contribution in [3.05, 3.63) is 70.4 Å². The molecule has 3 aromatic carbocycles. The highest BCUT2D eigenvalue weighted by Crippen LogP contribution is 2.49. The summed E-state index contributed by atoms with van der Waals surface area (Å²) in [7, 11) is 3.76. The zero-order valence-electron chi connectivity index (χ0n) is 25.5. The fourth-order valence-corrected chi connectivity index (χ4v) is 7.48. The predicted octanol–water partition coefficient (Wildman–Crippen LogP) is 8.70. The van der Waals surface area contributed by atoms with Crippen LogP contribution in [0.3, 0.4) is 0 Å². The van der Waals surface area contributed by atoms with Gasteiger partial charge in [-0.25, -0.2) is 9.78 Å². The van der Waals surface area contributed by atoms with Crippen LogP contribution < -0.4 is 0 Å². The summed E-state index contributed by atoms with van der Waals surface area (Å²) in [6, 6.07) is 15.9.